The van der Waals surface area contributed by atoms with Crippen molar-refractivity contribution in [2.45, 2.75) is 0 Å². The molecule has 0 bridgehead atoms. The molecule has 0 aromatic carbocycles. The van der Waals surface area contributed by atoms with E-state index in [9.17, 15) is 10.1 Å². The van der Waals surface area contributed by atoms with E-state index >= 15 is 0 Å². The predicted octanol–water partition coefficient (Wildman–Crippen LogP) is -0.0903. The Balaban J connectivity index is 4.46. The Bertz CT molecular complexity index is 195. The van der Waals surface area contributed by atoms with Gasteiger partial charge in [-0.2, -0.15) is 11.1 Å². The van der Waals surface area contributed by atoms with Crippen molar-refractivity contribution in [3.05, 3.63) is 21.2 Å². The molecule has 40 valence electrons. The largest absolute Gasteiger partial charge is 0.757 e. The number of nitrogens with zero attached hydrogens (tertiary/aromatic N) is 3. The van der Waals surface area contributed by atoms with Crippen LogP contribution in [0.1, 0.15) is 0 Å². The highest BCUT2D eigenvalue weighted by molar-refractivity contribution is 5.62. The number of nitriles is 1. The number of nitro groups is 1. The van der Waals surface area contributed by atoms with E-state index in [1.165, 1.54) is 0 Å². The summed E-state index contributed by atoms with van der Waals surface area (Å²) in [6.45, 7) is 0. The molecule has 0 aromatic heterocycles. The maximum atomic E-state index is 9.49. The molecule has 0 saturated carbocycles. The van der Waals surface area contributed by atoms with Crippen molar-refractivity contribution in [1.29, 1.82) is 5.26 Å². The van der Waals surface area contributed by atoms with Crippen LogP contribution in [0.4, 0.5) is 0 Å². The first-order valence-electron chi connectivity index (χ1n) is 1.54. The van der Waals surface area contributed by atoms with Crippen LogP contribution in [0.3, 0.4) is 0 Å². The van der Waals surface area contributed by atoms with Crippen LogP contribution in [0.15, 0.2) is 5.70 Å². The predicted molar refractivity (Wildman–Crippen MR) is 24.5 cm³/mol. The molecule has 0 aliphatic rings. The van der Waals surface area contributed by atoms with Crippen molar-refractivity contribution in [3.8, 4) is 6.07 Å². The summed E-state index contributed by atoms with van der Waals surface area (Å²) in [7, 11) is 0. The zero-order valence-electron chi connectivity index (χ0n) is 3.66. The van der Waals surface area contributed by atoms with Gasteiger partial charge in [-0.05, 0) is 0 Å². The van der Waals surface area contributed by atoms with E-state index in [1.807, 2.05) is 0 Å². The van der Waals surface area contributed by atoms with Gasteiger partial charge in [0.2, 0.25) is 0 Å². The lowest BCUT2D eigenvalue weighted by Crippen LogP contribution is -1.94. The summed E-state index contributed by atoms with van der Waals surface area (Å²) in [6, 6.07) is 1.11. The highest BCUT2D eigenvalue weighted by Crippen LogP contribution is 1.82. The normalized spacial score (nSPS) is 6.38. The minimum absolute atomic E-state index is 0.981. The van der Waals surface area contributed by atoms with Crippen LogP contribution in [-0.2, 0) is 0 Å². The minimum atomic E-state index is -1.03. The molecule has 0 aromatic rings. The third-order valence-electron chi connectivity index (χ3n) is 0.394. The Hall–Kier alpha value is -1.66. The molecule has 0 heterocycles. The number of rotatable bonds is 1. The van der Waals surface area contributed by atoms with Gasteiger partial charge in [0, 0.05) is 0 Å². The number of allylic oxidation sites excluding steroid dienone is 1. The molecular formula is C3N3O2-. The highest BCUT2D eigenvalue weighted by Gasteiger charge is 2.01. The second kappa shape index (κ2) is 2.50. The smallest absolute Gasteiger partial charge is 0.365 e. The van der Waals surface area contributed by atoms with E-state index in [-0.39, 0.29) is 0 Å². The fraction of sp³-hybridized carbons (Fsp3) is 0. The topological polar surface area (TPSA) is 89.2 Å². The van der Waals surface area contributed by atoms with Crippen molar-refractivity contribution < 1.29 is 4.92 Å². The molecule has 0 saturated heterocycles. The quantitative estimate of drug-likeness (QED) is 0.204. The van der Waals surface area contributed by atoms with Gasteiger partial charge in [-0.25, -0.2) is 0 Å². The molecule has 0 atom stereocenters. The molecule has 0 fully saturated rings. The maximum Gasteiger partial charge on any atom is 0.365 e. The molecule has 0 unspecified atom stereocenters. The van der Waals surface area contributed by atoms with E-state index in [1.54, 1.807) is 0 Å². The first kappa shape index (κ1) is 6.34. The van der Waals surface area contributed by atoms with Crippen LogP contribution in [0.25, 0.3) is 5.41 Å². The third kappa shape index (κ3) is 1.20. The summed E-state index contributed by atoms with van der Waals surface area (Å²) in [4.78, 5) is 8.46. The van der Waals surface area contributed by atoms with Crippen LogP contribution in [-0.4, -0.2) is 10.8 Å². The molecular weight excluding hydrogens is 110 g/mol. The van der Waals surface area contributed by atoms with E-state index in [0.717, 1.165) is 11.9 Å². The molecule has 0 aliphatic carbocycles. The average molecular weight is 110 g/mol. The average Bonchev–Trinajstić information content (AvgIpc) is 1.69. The van der Waals surface area contributed by atoms with Crippen LogP contribution in [0.5, 0.6) is 0 Å². The Morgan fingerprint density at radius 3 is 2.38 bits per heavy atom. The fourth-order valence-corrected chi connectivity index (χ4v) is 0.107. The molecule has 5 heteroatoms. The van der Waals surface area contributed by atoms with E-state index in [4.69, 9.17) is 10.7 Å². The zero-order valence-corrected chi connectivity index (χ0v) is 3.66. The summed E-state index contributed by atoms with van der Waals surface area (Å²) in [5, 5.41) is 25.0. The number of hydrogen-bond donors (Lipinski definition) is 0. The molecule has 8 heavy (non-hydrogen) atoms. The monoisotopic (exact) mass is 110 g/mol. The van der Waals surface area contributed by atoms with E-state index < -0.39 is 10.6 Å². The van der Waals surface area contributed by atoms with E-state index in [0.29, 0.717) is 0 Å². The molecule has 0 amide bonds. The molecule has 0 spiro atoms. The SMILES string of the molecule is N#CC(=C=[N-])[N+](=O)[O-]. The molecule has 0 radical (unpaired) electrons. The Labute approximate surface area is 44.5 Å². The van der Waals surface area contributed by atoms with Gasteiger partial charge in [-0.15, -0.1) is 0 Å². The van der Waals surface area contributed by atoms with Crippen molar-refractivity contribution in [2.75, 3.05) is 0 Å². The van der Waals surface area contributed by atoms with Crippen LogP contribution in [0, 0.1) is 21.4 Å². The van der Waals surface area contributed by atoms with Crippen LogP contribution < -0.4 is 0 Å². The van der Waals surface area contributed by atoms with Gasteiger partial charge in [0.1, 0.15) is 0 Å². The van der Waals surface area contributed by atoms with Crippen LogP contribution in [0.2, 0.25) is 0 Å². The van der Waals surface area contributed by atoms with Crippen molar-refractivity contribution in [1.82, 2.24) is 0 Å². The second-order valence-electron chi connectivity index (χ2n) is 0.829. The zero-order chi connectivity index (χ0) is 6.57. The Morgan fingerprint density at radius 1 is 1.88 bits per heavy atom. The van der Waals surface area contributed by atoms with Crippen molar-refractivity contribution >= 4 is 5.87 Å². The maximum absolute atomic E-state index is 9.49. The minimum Gasteiger partial charge on any atom is -0.757 e. The summed E-state index contributed by atoms with van der Waals surface area (Å²) in [5.74, 6) is 1.11. The van der Waals surface area contributed by atoms with E-state index in [2.05, 4.69) is 0 Å². The molecule has 0 N–H and O–H groups in total. The molecule has 0 aliphatic heterocycles. The second-order valence-corrected chi connectivity index (χ2v) is 0.829. The summed E-state index contributed by atoms with van der Waals surface area (Å²) >= 11 is 0. The van der Waals surface area contributed by atoms with Gasteiger partial charge >= 0.3 is 5.70 Å². The first-order chi connectivity index (χ1) is 3.72. The standard InChI is InChI=1S/C3N3O2/c4-1-3(2-5)6(7)8/q-1. The fourth-order valence-electron chi connectivity index (χ4n) is 0.107. The molecule has 5 nitrogen and oxygen atoms in total. The van der Waals surface area contributed by atoms with Gasteiger partial charge < -0.3 is 5.41 Å². The lowest BCUT2D eigenvalue weighted by atomic mass is 10.6. The van der Waals surface area contributed by atoms with Crippen molar-refractivity contribution in [3.63, 3.8) is 0 Å². The highest BCUT2D eigenvalue weighted by atomic mass is 16.6. The summed E-state index contributed by atoms with van der Waals surface area (Å²) < 4.78 is 0. The number of hydrogen-bond acceptors (Lipinski definition) is 3. The lowest BCUT2D eigenvalue weighted by Gasteiger charge is -1.78. The van der Waals surface area contributed by atoms with Gasteiger partial charge in [0.25, 0.3) is 0 Å². The van der Waals surface area contributed by atoms with Gasteiger partial charge in [-0.3, -0.25) is 10.1 Å². The third-order valence-corrected chi connectivity index (χ3v) is 0.394. The van der Waals surface area contributed by atoms with Crippen molar-refractivity contribution in [2.24, 2.45) is 0 Å². The van der Waals surface area contributed by atoms with Gasteiger partial charge in [0.05, 0.1) is 4.92 Å². The van der Waals surface area contributed by atoms with Crippen LogP contribution >= 0.6 is 0 Å². The van der Waals surface area contributed by atoms with Gasteiger partial charge in [-0.1, -0.05) is 0 Å². The summed E-state index contributed by atoms with van der Waals surface area (Å²) in [6.07, 6.45) is 0. The first-order valence-corrected chi connectivity index (χ1v) is 1.54. The lowest BCUT2D eigenvalue weighted by molar-refractivity contribution is -0.414. The Kier molecular flexibility index (Phi) is 1.98. The van der Waals surface area contributed by atoms with Gasteiger partial charge in [0.15, 0.2) is 6.07 Å². The Morgan fingerprint density at radius 2 is 2.38 bits per heavy atom. The summed E-state index contributed by atoms with van der Waals surface area (Å²) in [5.41, 5.74) is -0.981. The molecule has 0 rings (SSSR count).